The van der Waals surface area contributed by atoms with Gasteiger partial charge in [0.2, 0.25) is 5.91 Å². The number of anilines is 1. The molecule has 0 aliphatic carbocycles. The lowest BCUT2D eigenvalue weighted by atomic mass is 10.1. The molecule has 0 radical (unpaired) electrons. The monoisotopic (exact) mass is 425 g/mol. The lowest BCUT2D eigenvalue weighted by Gasteiger charge is -2.34. The van der Waals surface area contributed by atoms with Crippen molar-refractivity contribution >= 4 is 17.5 Å². The predicted octanol–water partition coefficient (Wildman–Crippen LogP) is 2.86. The predicted molar refractivity (Wildman–Crippen MR) is 121 cm³/mol. The van der Waals surface area contributed by atoms with Crippen LogP contribution in [0.3, 0.4) is 0 Å². The zero-order valence-corrected chi connectivity index (χ0v) is 18.5. The van der Waals surface area contributed by atoms with Gasteiger partial charge in [0.25, 0.3) is 5.91 Å². The number of hydrogen-bond donors (Lipinski definition) is 1. The van der Waals surface area contributed by atoms with Crippen molar-refractivity contribution in [2.24, 2.45) is 0 Å². The molecule has 0 atom stereocenters. The SMILES string of the molecule is CCOc1ccccc1OCC(=O)N1CCN(CC(=O)Nc2c(C)cccc2C)CC1. The zero-order chi connectivity index (χ0) is 22.2. The van der Waals surface area contributed by atoms with Crippen LogP contribution in [-0.4, -0.2) is 67.6 Å². The molecule has 1 aliphatic rings. The molecule has 2 aromatic carbocycles. The third kappa shape index (κ3) is 6.21. The van der Waals surface area contributed by atoms with Gasteiger partial charge in [-0.2, -0.15) is 0 Å². The van der Waals surface area contributed by atoms with Crippen LogP contribution >= 0.6 is 0 Å². The second-order valence-electron chi connectivity index (χ2n) is 7.64. The molecule has 2 aromatic rings. The van der Waals surface area contributed by atoms with Gasteiger partial charge in [0.1, 0.15) is 0 Å². The number of aryl methyl sites for hydroxylation is 2. The number of ether oxygens (including phenoxy) is 2. The molecule has 1 N–H and O–H groups in total. The highest BCUT2D eigenvalue weighted by molar-refractivity contribution is 5.93. The van der Waals surface area contributed by atoms with E-state index >= 15 is 0 Å². The maximum Gasteiger partial charge on any atom is 0.260 e. The van der Waals surface area contributed by atoms with Crippen molar-refractivity contribution < 1.29 is 19.1 Å². The molecule has 0 unspecified atom stereocenters. The van der Waals surface area contributed by atoms with Crippen molar-refractivity contribution in [1.82, 2.24) is 9.80 Å². The minimum atomic E-state index is -0.0639. The Bertz CT molecular complexity index is 887. The van der Waals surface area contributed by atoms with E-state index in [0.717, 1.165) is 16.8 Å². The number of rotatable bonds is 8. The summed E-state index contributed by atoms with van der Waals surface area (Å²) in [6.45, 7) is 9.16. The number of nitrogens with one attached hydrogen (secondary N) is 1. The largest absolute Gasteiger partial charge is 0.490 e. The minimum Gasteiger partial charge on any atom is -0.490 e. The summed E-state index contributed by atoms with van der Waals surface area (Å²) in [6, 6.07) is 13.3. The summed E-state index contributed by atoms with van der Waals surface area (Å²) in [5.41, 5.74) is 2.98. The Hall–Kier alpha value is -3.06. The van der Waals surface area contributed by atoms with Crippen molar-refractivity contribution in [3.8, 4) is 11.5 Å². The smallest absolute Gasteiger partial charge is 0.260 e. The van der Waals surface area contributed by atoms with E-state index in [1.165, 1.54) is 0 Å². The van der Waals surface area contributed by atoms with Crippen LogP contribution in [-0.2, 0) is 9.59 Å². The lowest BCUT2D eigenvalue weighted by molar-refractivity contribution is -0.135. The van der Waals surface area contributed by atoms with E-state index in [4.69, 9.17) is 9.47 Å². The summed E-state index contributed by atoms with van der Waals surface area (Å²) in [7, 11) is 0. The number of nitrogens with zero attached hydrogens (tertiary/aromatic N) is 2. The highest BCUT2D eigenvalue weighted by Crippen LogP contribution is 2.26. The molecule has 31 heavy (non-hydrogen) atoms. The molecule has 0 bridgehead atoms. The minimum absolute atomic E-state index is 0.0306. The first-order chi connectivity index (χ1) is 15.0. The molecule has 1 saturated heterocycles. The van der Waals surface area contributed by atoms with E-state index in [1.807, 2.05) is 57.2 Å². The zero-order valence-electron chi connectivity index (χ0n) is 18.5. The second-order valence-corrected chi connectivity index (χ2v) is 7.64. The van der Waals surface area contributed by atoms with Crippen molar-refractivity contribution in [1.29, 1.82) is 0 Å². The van der Waals surface area contributed by atoms with Gasteiger partial charge in [-0.05, 0) is 44.0 Å². The number of hydrogen-bond acceptors (Lipinski definition) is 5. The quantitative estimate of drug-likeness (QED) is 0.704. The Morgan fingerprint density at radius 1 is 0.903 bits per heavy atom. The van der Waals surface area contributed by atoms with E-state index in [2.05, 4.69) is 10.2 Å². The number of carbonyl (C=O) groups excluding carboxylic acids is 2. The molecule has 166 valence electrons. The number of amides is 2. The van der Waals surface area contributed by atoms with E-state index in [1.54, 1.807) is 11.0 Å². The van der Waals surface area contributed by atoms with E-state index in [9.17, 15) is 9.59 Å². The molecule has 0 aromatic heterocycles. The van der Waals surface area contributed by atoms with Crippen molar-refractivity contribution in [2.75, 3.05) is 51.3 Å². The van der Waals surface area contributed by atoms with Gasteiger partial charge in [0, 0.05) is 31.9 Å². The van der Waals surface area contributed by atoms with Crippen LogP contribution in [0.1, 0.15) is 18.1 Å². The highest BCUT2D eigenvalue weighted by atomic mass is 16.5. The fraction of sp³-hybridized carbons (Fsp3) is 0.417. The first-order valence-corrected chi connectivity index (χ1v) is 10.7. The average molecular weight is 426 g/mol. The summed E-state index contributed by atoms with van der Waals surface area (Å²) in [4.78, 5) is 28.9. The lowest BCUT2D eigenvalue weighted by Crippen LogP contribution is -2.51. The second kappa shape index (κ2) is 10.8. The van der Waals surface area contributed by atoms with Crippen molar-refractivity contribution in [3.63, 3.8) is 0 Å². The van der Waals surface area contributed by atoms with Crippen LogP contribution in [0.5, 0.6) is 11.5 Å². The van der Waals surface area contributed by atoms with Crippen LogP contribution in [0.25, 0.3) is 0 Å². The van der Waals surface area contributed by atoms with Gasteiger partial charge >= 0.3 is 0 Å². The maximum absolute atomic E-state index is 12.5. The molecular weight excluding hydrogens is 394 g/mol. The highest BCUT2D eigenvalue weighted by Gasteiger charge is 2.23. The standard InChI is InChI=1S/C24H31N3O4/c1-4-30-20-10-5-6-11-21(20)31-17-23(29)27-14-12-26(13-15-27)16-22(28)25-24-18(2)8-7-9-19(24)3/h5-11H,4,12-17H2,1-3H3,(H,25,28). The third-order valence-corrected chi connectivity index (χ3v) is 5.34. The molecule has 1 heterocycles. The molecule has 1 fully saturated rings. The van der Waals surface area contributed by atoms with Crippen molar-refractivity contribution in [2.45, 2.75) is 20.8 Å². The van der Waals surface area contributed by atoms with E-state index in [-0.39, 0.29) is 18.4 Å². The maximum atomic E-state index is 12.5. The number of benzene rings is 2. The van der Waals surface area contributed by atoms with E-state index in [0.29, 0.717) is 50.8 Å². The summed E-state index contributed by atoms with van der Waals surface area (Å²) >= 11 is 0. The molecule has 2 amide bonds. The summed E-state index contributed by atoms with van der Waals surface area (Å²) in [6.07, 6.45) is 0. The number of para-hydroxylation sites is 3. The molecular formula is C24H31N3O4. The Morgan fingerprint density at radius 3 is 2.13 bits per heavy atom. The van der Waals surface area contributed by atoms with Gasteiger partial charge in [-0.25, -0.2) is 0 Å². The van der Waals surface area contributed by atoms with E-state index < -0.39 is 0 Å². The van der Waals surface area contributed by atoms with Crippen LogP contribution in [0.4, 0.5) is 5.69 Å². The van der Waals surface area contributed by atoms with Crippen LogP contribution < -0.4 is 14.8 Å². The van der Waals surface area contributed by atoms with Gasteiger partial charge in [-0.1, -0.05) is 30.3 Å². The fourth-order valence-corrected chi connectivity index (χ4v) is 3.62. The average Bonchev–Trinajstić information content (AvgIpc) is 2.76. The number of piperazine rings is 1. The topological polar surface area (TPSA) is 71.1 Å². The Kier molecular flexibility index (Phi) is 7.89. The Balaban J connectivity index is 1.44. The molecule has 1 aliphatic heterocycles. The Labute approximate surface area is 183 Å². The van der Waals surface area contributed by atoms with Crippen molar-refractivity contribution in [3.05, 3.63) is 53.6 Å². The number of carbonyl (C=O) groups is 2. The first-order valence-electron chi connectivity index (χ1n) is 10.7. The fourth-order valence-electron chi connectivity index (χ4n) is 3.62. The summed E-state index contributed by atoms with van der Waals surface area (Å²) in [5, 5.41) is 3.02. The molecule has 0 spiro atoms. The van der Waals surface area contributed by atoms with Gasteiger partial charge in [-0.3, -0.25) is 14.5 Å². The van der Waals surface area contributed by atoms with Gasteiger partial charge in [0.15, 0.2) is 18.1 Å². The van der Waals surface area contributed by atoms with Gasteiger partial charge in [0.05, 0.1) is 13.2 Å². The third-order valence-electron chi connectivity index (χ3n) is 5.34. The Morgan fingerprint density at radius 2 is 1.52 bits per heavy atom. The summed E-state index contributed by atoms with van der Waals surface area (Å²) in [5.74, 6) is 1.11. The van der Waals surface area contributed by atoms with Gasteiger partial charge < -0.3 is 19.7 Å². The molecule has 3 rings (SSSR count). The van der Waals surface area contributed by atoms with Crippen LogP contribution in [0, 0.1) is 13.8 Å². The van der Waals surface area contributed by atoms with Crippen LogP contribution in [0.15, 0.2) is 42.5 Å². The summed E-state index contributed by atoms with van der Waals surface area (Å²) < 4.78 is 11.2. The molecule has 7 nitrogen and oxygen atoms in total. The van der Waals surface area contributed by atoms with Crippen LogP contribution in [0.2, 0.25) is 0 Å². The first kappa shape index (κ1) is 22.6. The normalized spacial score (nSPS) is 14.2. The van der Waals surface area contributed by atoms with Gasteiger partial charge in [-0.15, -0.1) is 0 Å². The molecule has 7 heteroatoms. The molecule has 0 saturated carbocycles.